The lowest BCUT2D eigenvalue weighted by molar-refractivity contribution is 0.0492. The number of phenolic OH excluding ortho intramolecular Hbond substituents is 1. The minimum absolute atomic E-state index is 0.176. The first-order chi connectivity index (χ1) is 8.67. The lowest BCUT2D eigenvalue weighted by Crippen LogP contribution is -2.02. The highest BCUT2D eigenvalue weighted by Crippen LogP contribution is 2.31. The molecule has 2 rings (SSSR count). The van der Waals surface area contributed by atoms with Gasteiger partial charge in [0.25, 0.3) is 0 Å². The van der Waals surface area contributed by atoms with Crippen LogP contribution in [-0.2, 0) is 11.2 Å². The first-order valence-electron chi connectivity index (χ1n) is 6.08. The Hall–Kier alpha value is -1.97. The van der Waals surface area contributed by atoms with Crippen LogP contribution in [0.4, 0.5) is 0 Å². The molecule has 4 heteroatoms. The molecule has 0 aliphatic rings. The van der Waals surface area contributed by atoms with E-state index in [1.54, 1.807) is 25.1 Å². The van der Waals surface area contributed by atoms with E-state index in [-0.39, 0.29) is 11.5 Å². The van der Waals surface area contributed by atoms with Gasteiger partial charge < -0.3 is 14.3 Å². The maximum atomic E-state index is 11.6. The molecular weight excluding hydrogens is 232 g/mol. The standard InChI is InChI=1S/C14H16O4/c1-3-5-9-10-8-13(14(16)17-4-2)18-12(10)7-6-11(9)15/h6-8,15H,3-5H2,1-2H3. The zero-order chi connectivity index (χ0) is 13.1. The summed E-state index contributed by atoms with van der Waals surface area (Å²) in [6.07, 6.45) is 1.65. The molecule has 1 aromatic carbocycles. The minimum Gasteiger partial charge on any atom is -0.508 e. The number of aryl methyl sites for hydroxylation is 1. The lowest BCUT2D eigenvalue weighted by atomic mass is 10.0. The third-order valence-electron chi connectivity index (χ3n) is 2.76. The number of benzene rings is 1. The van der Waals surface area contributed by atoms with Gasteiger partial charge in [-0.05, 0) is 31.5 Å². The van der Waals surface area contributed by atoms with Crippen LogP contribution in [0.1, 0.15) is 36.4 Å². The second-order valence-electron chi connectivity index (χ2n) is 4.06. The van der Waals surface area contributed by atoms with Gasteiger partial charge in [0.05, 0.1) is 6.61 Å². The van der Waals surface area contributed by atoms with Crippen LogP contribution in [-0.4, -0.2) is 17.7 Å². The molecule has 2 aromatic rings. The molecule has 4 nitrogen and oxygen atoms in total. The molecule has 0 spiro atoms. The van der Waals surface area contributed by atoms with Crippen molar-refractivity contribution in [3.8, 4) is 5.75 Å². The predicted octanol–water partition coefficient (Wildman–Crippen LogP) is 3.27. The van der Waals surface area contributed by atoms with E-state index in [2.05, 4.69) is 0 Å². The Bertz CT molecular complexity index is 568. The number of rotatable bonds is 4. The van der Waals surface area contributed by atoms with Crippen molar-refractivity contribution in [2.24, 2.45) is 0 Å². The fraction of sp³-hybridized carbons (Fsp3) is 0.357. The molecular formula is C14H16O4. The number of carbonyl (C=O) groups excluding carboxylic acids is 1. The normalized spacial score (nSPS) is 10.8. The number of hydrogen-bond acceptors (Lipinski definition) is 4. The molecule has 0 amide bonds. The molecule has 18 heavy (non-hydrogen) atoms. The lowest BCUT2D eigenvalue weighted by Gasteiger charge is -2.03. The average molecular weight is 248 g/mol. The zero-order valence-corrected chi connectivity index (χ0v) is 10.5. The largest absolute Gasteiger partial charge is 0.508 e. The molecule has 0 saturated heterocycles. The topological polar surface area (TPSA) is 59.7 Å². The van der Waals surface area contributed by atoms with Gasteiger partial charge in [-0.15, -0.1) is 0 Å². The van der Waals surface area contributed by atoms with Gasteiger partial charge in [-0.1, -0.05) is 13.3 Å². The summed E-state index contributed by atoms with van der Waals surface area (Å²) in [5, 5.41) is 10.6. The zero-order valence-electron chi connectivity index (χ0n) is 10.5. The molecule has 0 bridgehead atoms. The number of carbonyl (C=O) groups is 1. The second kappa shape index (κ2) is 5.12. The third-order valence-corrected chi connectivity index (χ3v) is 2.76. The molecule has 96 valence electrons. The van der Waals surface area contributed by atoms with Crippen LogP contribution in [0.3, 0.4) is 0 Å². The second-order valence-corrected chi connectivity index (χ2v) is 4.06. The first kappa shape index (κ1) is 12.5. The van der Waals surface area contributed by atoms with Crippen LogP contribution in [0.15, 0.2) is 22.6 Å². The predicted molar refractivity (Wildman–Crippen MR) is 67.8 cm³/mol. The number of phenols is 1. The monoisotopic (exact) mass is 248 g/mol. The number of hydrogen-bond donors (Lipinski definition) is 1. The van der Waals surface area contributed by atoms with Crippen molar-refractivity contribution in [2.45, 2.75) is 26.7 Å². The fourth-order valence-electron chi connectivity index (χ4n) is 1.97. The van der Waals surface area contributed by atoms with E-state index in [1.165, 1.54) is 0 Å². The molecule has 0 saturated carbocycles. The summed E-state index contributed by atoms with van der Waals surface area (Å²) in [6, 6.07) is 4.89. The van der Waals surface area contributed by atoms with Crippen molar-refractivity contribution < 1.29 is 19.1 Å². The van der Waals surface area contributed by atoms with Gasteiger partial charge in [0.2, 0.25) is 5.76 Å². The van der Waals surface area contributed by atoms with E-state index in [0.717, 1.165) is 23.8 Å². The Morgan fingerprint density at radius 1 is 1.39 bits per heavy atom. The van der Waals surface area contributed by atoms with E-state index in [1.807, 2.05) is 6.92 Å². The van der Waals surface area contributed by atoms with Crippen molar-refractivity contribution >= 4 is 16.9 Å². The molecule has 0 aliphatic heterocycles. The van der Waals surface area contributed by atoms with E-state index < -0.39 is 5.97 Å². The summed E-state index contributed by atoms with van der Waals surface area (Å²) in [4.78, 5) is 11.6. The van der Waals surface area contributed by atoms with E-state index in [4.69, 9.17) is 9.15 Å². The summed E-state index contributed by atoms with van der Waals surface area (Å²) >= 11 is 0. The SMILES string of the molecule is CCCc1c(O)ccc2oc(C(=O)OCC)cc12. The third kappa shape index (κ3) is 2.18. The fourth-order valence-corrected chi connectivity index (χ4v) is 1.97. The highest BCUT2D eigenvalue weighted by Gasteiger charge is 2.16. The highest BCUT2D eigenvalue weighted by molar-refractivity contribution is 5.94. The van der Waals surface area contributed by atoms with Crippen molar-refractivity contribution in [2.75, 3.05) is 6.61 Å². The summed E-state index contributed by atoms with van der Waals surface area (Å²) < 4.78 is 10.3. The summed E-state index contributed by atoms with van der Waals surface area (Å²) in [5.74, 6) is -0.0639. The summed E-state index contributed by atoms with van der Waals surface area (Å²) in [7, 11) is 0. The highest BCUT2D eigenvalue weighted by atomic mass is 16.5. The van der Waals surface area contributed by atoms with E-state index in [9.17, 15) is 9.90 Å². The molecule has 0 aliphatic carbocycles. The number of ether oxygens (including phenoxy) is 1. The average Bonchev–Trinajstić information content (AvgIpc) is 2.77. The van der Waals surface area contributed by atoms with Gasteiger partial charge in [0, 0.05) is 10.9 Å². The van der Waals surface area contributed by atoms with Crippen LogP contribution in [0.2, 0.25) is 0 Å². The maximum absolute atomic E-state index is 11.6. The molecule has 0 unspecified atom stereocenters. The van der Waals surface area contributed by atoms with Crippen LogP contribution in [0.25, 0.3) is 11.0 Å². The molecule has 0 fully saturated rings. The van der Waals surface area contributed by atoms with Crippen LogP contribution >= 0.6 is 0 Å². The van der Waals surface area contributed by atoms with Crippen LogP contribution in [0.5, 0.6) is 5.75 Å². The van der Waals surface area contributed by atoms with Gasteiger partial charge in [-0.2, -0.15) is 0 Å². The Labute approximate surface area is 105 Å². The van der Waals surface area contributed by atoms with Gasteiger partial charge in [0.1, 0.15) is 11.3 Å². The molecule has 1 aromatic heterocycles. The van der Waals surface area contributed by atoms with Crippen LogP contribution < -0.4 is 0 Å². The number of aromatic hydroxyl groups is 1. The van der Waals surface area contributed by atoms with Crippen LogP contribution in [0, 0.1) is 0 Å². The van der Waals surface area contributed by atoms with Crippen molar-refractivity contribution in [1.82, 2.24) is 0 Å². The summed E-state index contributed by atoms with van der Waals surface area (Å²) in [6.45, 7) is 4.09. The maximum Gasteiger partial charge on any atom is 0.374 e. The van der Waals surface area contributed by atoms with Gasteiger partial charge in [-0.25, -0.2) is 4.79 Å². The smallest absolute Gasteiger partial charge is 0.374 e. The molecule has 0 atom stereocenters. The van der Waals surface area contributed by atoms with E-state index >= 15 is 0 Å². The minimum atomic E-state index is -0.476. The number of fused-ring (bicyclic) bond motifs is 1. The first-order valence-corrected chi connectivity index (χ1v) is 6.08. The molecule has 0 radical (unpaired) electrons. The molecule has 1 heterocycles. The molecule has 1 N–H and O–H groups in total. The van der Waals surface area contributed by atoms with E-state index in [0.29, 0.717) is 12.2 Å². The Morgan fingerprint density at radius 3 is 2.83 bits per heavy atom. The van der Waals surface area contributed by atoms with Crippen molar-refractivity contribution in [1.29, 1.82) is 0 Å². The Kier molecular flexibility index (Phi) is 3.55. The Balaban J connectivity index is 2.50. The quantitative estimate of drug-likeness (QED) is 0.843. The van der Waals surface area contributed by atoms with Gasteiger partial charge in [-0.3, -0.25) is 0 Å². The van der Waals surface area contributed by atoms with Crippen molar-refractivity contribution in [3.05, 3.63) is 29.5 Å². The Morgan fingerprint density at radius 2 is 2.17 bits per heavy atom. The summed E-state index contributed by atoms with van der Waals surface area (Å²) in [5.41, 5.74) is 1.41. The number of esters is 1. The van der Waals surface area contributed by atoms with Gasteiger partial charge >= 0.3 is 5.97 Å². The van der Waals surface area contributed by atoms with Crippen molar-refractivity contribution in [3.63, 3.8) is 0 Å². The van der Waals surface area contributed by atoms with Gasteiger partial charge in [0.15, 0.2) is 0 Å². The number of furan rings is 1.